The van der Waals surface area contributed by atoms with Gasteiger partial charge in [-0.1, -0.05) is 0 Å². The Morgan fingerprint density at radius 2 is 2.19 bits per heavy atom. The molecule has 4 rings (SSSR count). The van der Waals surface area contributed by atoms with Crippen LogP contribution in [-0.4, -0.2) is 61.9 Å². The summed E-state index contributed by atoms with van der Waals surface area (Å²) in [6.07, 6.45) is 0.976. The highest BCUT2D eigenvalue weighted by atomic mass is 19.1. The highest BCUT2D eigenvalue weighted by molar-refractivity contribution is 5.97. The van der Waals surface area contributed by atoms with Gasteiger partial charge in [0.05, 0.1) is 17.5 Å². The first-order chi connectivity index (χ1) is 12.8. The molecule has 2 atom stereocenters. The minimum Gasteiger partial charge on any atom is -0.477 e. The molecule has 9 nitrogen and oxygen atoms in total. The van der Waals surface area contributed by atoms with Gasteiger partial charge in [-0.15, -0.1) is 0 Å². The Hall–Kier alpha value is -2.85. The van der Waals surface area contributed by atoms with Gasteiger partial charge in [-0.25, -0.2) is 9.18 Å². The van der Waals surface area contributed by atoms with Crippen molar-refractivity contribution in [2.45, 2.75) is 12.1 Å². The van der Waals surface area contributed by atoms with Crippen molar-refractivity contribution in [1.29, 1.82) is 0 Å². The smallest absolute Gasteiger partial charge is 0.341 e. The molecule has 1 saturated heterocycles. The van der Waals surface area contributed by atoms with E-state index in [9.17, 15) is 14.7 Å². The van der Waals surface area contributed by atoms with E-state index in [1.807, 2.05) is 0 Å². The maximum absolute atomic E-state index is 15.0. The number of aromatic nitrogens is 1. The van der Waals surface area contributed by atoms with Crippen molar-refractivity contribution in [3.8, 4) is 5.75 Å². The standard InChI is InChI=1S/C17H19FN4O5/c1-20-7-27-16-13-8(15(23)9(17(24)25)4-22(13)20)3-10(18)14(16)21-5-11(19)12(6-21)26-2/h3-4,11-12H,5-7,19H2,1-2H3,(H,24,25)/t11-,12-/m0/s1. The van der Waals surface area contributed by atoms with Gasteiger partial charge in [0.25, 0.3) is 0 Å². The third kappa shape index (κ3) is 2.52. The van der Waals surface area contributed by atoms with E-state index in [-0.39, 0.29) is 35.7 Å². The van der Waals surface area contributed by atoms with Gasteiger partial charge in [0.15, 0.2) is 18.3 Å². The molecule has 2 aromatic rings. The number of hydrogen-bond acceptors (Lipinski definition) is 7. The fourth-order valence-corrected chi connectivity index (χ4v) is 3.70. The van der Waals surface area contributed by atoms with Gasteiger partial charge in [-0.05, 0) is 6.07 Å². The van der Waals surface area contributed by atoms with E-state index in [2.05, 4.69) is 0 Å². The van der Waals surface area contributed by atoms with Gasteiger partial charge in [-0.3, -0.25) is 14.5 Å². The Labute approximate surface area is 153 Å². The third-order valence-electron chi connectivity index (χ3n) is 5.07. The van der Waals surface area contributed by atoms with Crippen molar-refractivity contribution in [3.05, 3.63) is 33.9 Å². The van der Waals surface area contributed by atoms with E-state index in [1.54, 1.807) is 24.1 Å². The molecule has 0 spiro atoms. The number of rotatable bonds is 3. The van der Waals surface area contributed by atoms with Crippen LogP contribution in [-0.2, 0) is 4.74 Å². The Morgan fingerprint density at radius 1 is 1.44 bits per heavy atom. The quantitative estimate of drug-likeness (QED) is 0.763. The molecule has 1 aromatic carbocycles. The van der Waals surface area contributed by atoms with Gasteiger partial charge in [0.2, 0.25) is 5.43 Å². The monoisotopic (exact) mass is 378 g/mol. The number of carboxylic acid groups (broad SMARTS) is 1. The Kier molecular flexibility index (Phi) is 3.97. The predicted octanol–water partition coefficient (Wildman–Crippen LogP) is -0.0812. The number of methoxy groups -OCH3 is 1. The minimum absolute atomic E-state index is 0.0514. The Morgan fingerprint density at radius 3 is 2.81 bits per heavy atom. The van der Waals surface area contributed by atoms with Gasteiger partial charge >= 0.3 is 5.97 Å². The molecule has 1 fully saturated rings. The minimum atomic E-state index is -1.37. The molecule has 2 aliphatic heterocycles. The Balaban J connectivity index is 2.00. The lowest BCUT2D eigenvalue weighted by Gasteiger charge is -2.33. The maximum atomic E-state index is 15.0. The first kappa shape index (κ1) is 17.6. The second-order valence-corrected chi connectivity index (χ2v) is 6.73. The van der Waals surface area contributed by atoms with E-state index in [0.717, 1.165) is 6.07 Å². The molecule has 27 heavy (non-hydrogen) atoms. The summed E-state index contributed by atoms with van der Waals surface area (Å²) in [6, 6.07) is 0.772. The third-order valence-corrected chi connectivity index (χ3v) is 5.07. The summed E-state index contributed by atoms with van der Waals surface area (Å²) >= 11 is 0. The average Bonchev–Trinajstić information content (AvgIpc) is 2.99. The number of nitrogens with two attached hydrogens (primary N) is 1. The molecule has 0 amide bonds. The maximum Gasteiger partial charge on any atom is 0.341 e. The van der Waals surface area contributed by atoms with Crippen LogP contribution in [0.5, 0.6) is 5.75 Å². The molecule has 0 aliphatic carbocycles. The summed E-state index contributed by atoms with van der Waals surface area (Å²) in [7, 11) is 3.22. The summed E-state index contributed by atoms with van der Waals surface area (Å²) < 4.78 is 27.6. The average molecular weight is 378 g/mol. The zero-order valence-electron chi connectivity index (χ0n) is 14.8. The zero-order valence-corrected chi connectivity index (χ0v) is 14.8. The second-order valence-electron chi connectivity index (χ2n) is 6.73. The van der Waals surface area contributed by atoms with Crippen molar-refractivity contribution < 1.29 is 23.8 Å². The number of benzene rings is 1. The van der Waals surface area contributed by atoms with Gasteiger partial charge < -0.3 is 25.2 Å². The number of ether oxygens (including phenoxy) is 2. The van der Waals surface area contributed by atoms with Crippen LogP contribution in [0.4, 0.5) is 10.1 Å². The SMILES string of the molecule is CO[C@H]1CN(c2c(F)cc3c(=O)c(C(=O)O)cn4c3c2OCN4C)C[C@@H]1N. The number of carbonyl (C=O) groups is 1. The highest BCUT2D eigenvalue weighted by Crippen LogP contribution is 2.41. The fourth-order valence-electron chi connectivity index (χ4n) is 3.70. The number of halogens is 1. The number of aromatic carboxylic acids is 1. The van der Waals surface area contributed by atoms with E-state index < -0.39 is 22.8 Å². The lowest BCUT2D eigenvalue weighted by molar-refractivity contribution is 0.0694. The van der Waals surface area contributed by atoms with Crippen LogP contribution in [0.1, 0.15) is 10.4 Å². The molecule has 0 radical (unpaired) electrons. The molecular weight excluding hydrogens is 359 g/mol. The zero-order chi connectivity index (χ0) is 19.5. The summed E-state index contributed by atoms with van der Waals surface area (Å²) in [5.74, 6) is -1.84. The van der Waals surface area contributed by atoms with Gasteiger partial charge in [0, 0.05) is 33.4 Å². The van der Waals surface area contributed by atoms with E-state index >= 15 is 4.39 Å². The number of carboxylic acids is 1. The van der Waals surface area contributed by atoms with Gasteiger partial charge in [0.1, 0.15) is 16.8 Å². The lowest BCUT2D eigenvalue weighted by atomic mass is 10.1. The van der Waals surface area contributed by atoms with Crippen LogP contribution >= 0.6 is 0 Å². The summed E-state index contributed by atoms with van der Waals surface area (Å²) in [5.41, 5.74) is 5.39. The van der Waals surface area contributed by atoms with Gasteiger partial charge in [-0.2, -0.15) is 0 Å². The molecular formula is C17H19FN4O5. The summed E-state index contributed by atoms with van der Waals surface area (Å²) in [6.45, 7) is 0.808. The highest BCUT2D eigenvalue weighted by Gasteiger charge is 2.36. The van der Waals surface area contributed by atoms with Crippen molar-refractivity contribution in [2.24, 2.45) is 5.73 Å². The summed E-state index contributed by atoms with van der Waals surface area (Å²) in [4.78, 5) is 25.7. The Bertz CT molecular complexity index is 1010. The first-order valence-corrected chi connectivity index (χ1v) is 8.36. The molecule has 10 heteroatoms. The van der Waals surface area contributed by atoms with Crippen molar-refractivity contribution in [1.82, 2.24) is 4.68 Å². The molecule has 0 saturated carbocycles. The first-order valence-electron chi connectivity index (χ1n) is 8.36. The topological polar surface area (TPSA) is 110 Å². The van der Waals surface area contributed by atoms with Crippen LogP contribution < -0.4 is 25.8 Å². The van der Waals surface area contributed by atoms with E-state index in [0.29, 0.717) is 18.6 Å². The van der Waals surface area contributed by atoms with Crippen LogP contribution in [0.25, 0.3) is 10.9 Å². The number of pyridine rings is 1. The number of hydrogen-bond donors (Lipinski definition) is 2. The largest absolute Gasteiger partial charge is 0.477 e. The summed E-state index contributed by atoms with van der Waals surface area (Å²) in [5, 5.41) is 10.9. The lowest BCUT2D eigenvalue weighted by Crippen LogP contribution is -2.40. The molecule has 1 aromatic heterocycles. The van der Waals surface area contributed by atoms with Crippen LogP contribution in [0, 0.1) is 5.82 Å². The van der Waals surface area contributed by atoms with Crippen LogP contribution in [0.3, 0.4) is 0 Å². The second kappa shape index (κ2) is 6.10. The number of anilines is 1. The number of nitrogens with zero attached hydrogens (tertiary/aromatic N) is 3. The predicted molar refractivity (Wildman–Crippen MR) is 95.7 cm³/mol. The normalized spacial score (nSPS) is 21.6. The molecule has 144 valence electrons. The molecule has 0 unspecified atom stereocenters. The van der Waals surface area contributed by atoms with Crippen LogP contribution in [0.15, 0.2) is 17.1 Å². The van der Waals surface area contributed by atoms with Crippen molar-refractivity contribution in [3.63, 3.8) is 0 Å². The van der Waals surface area contributed by atoms with E-state index in [4.69, 9.17) is 15.2 Å². The molecule has 2 aliphatic rings. The fraction of sp³-hybridized carbons (Fsp3) is 0.412. The van der Waals surface area contributed by atoms with Crippen molar-refractivity contribution in [2.75, 3.05) is 43.9 Å². The van der Waals surface area contributed by atoms with Crippen LogP contribution in [0.2, 0.25) is 0 Å². The molecule has 3 heterocycles. The van der Waals surface area contributed by atoms with Crippen molar-refractivity contribution >= 4 is 22.6 Å². The molecule has 3 N–H and O–H groups in total. The molecule has 0 bridgehead atoms. The van der Waals surface area contributed by atoms with E-state index in [1.165, 1.54) is 10.9 Å².